The molecule has 0 rings (SSSR count). The zero-order chi connectivity index (χ0) is 6.12. The summed E-state index contributed by atoms with van der Waals surface area (Å²) < 4.78 is 0. The summed E-state index contributed by atoms with van der Waals surface area (Å²) in [4.78, 5) is 0. The van der Waals surface area contributed by atoms with E-state index in [4.69, 9.17) is 0 Å². The van der Waals surface area contributed by atoms with Gasteiger partial charge in [-0.15, -0.1) is 0 Å². The average molecular weight is 194 g/mol. The quantitative estimate of drug-likeness (QED) is 0.562. The zero-order valence-electron chi connectivity index (χ0n) is 6.41. The number of hydrogen-bond acceptors (Lipinski definition) is 0. The van der Waals surface area contributed by atoms with Gasteiger partial charge >= 0.3 is 0 Å². The Labute approximate surface area is 80.8 Å². The van der Waals surface area contributed by atoms with Crippen LogP contribution in [0.1, 0.15) is 41.5 Å². The van der Waals surface area contributed by atoms with E-state index in [2.05, 4.69) is 20.8 Å². The van der Waals surface area contributed by atoms with Gasteiger partial charge in [-0.25, -0.2) is 0 Å². The van der Waals surface area contributed by atoms with E-state index >= 15 is 0 Å². The van der Waals surface area contributed by atoms with Gasteiger partial charge < -0.3 is 6.92 Å². The molecular formula is C7H19Y-. The van der Waals surface area contributed by atoms with Gasteiger partial charge in [-0.1, -0.05) is 33.6 Å². The Kier molecular flexibility index (Phi) is 48.7. The van der Waals surface area contributed by atoms with Crippen molar-refractivity contribution >= 4 is 0 Å². The van der Waals surface area contributed by atoms with Crippen molar-refractivity contribution in [1.29, 1.82) is 0 Å². The molecule has 0 spiro atoms. The fourth-order valence-electron chi connectivity index (χ4n) is 0. The van der Waals surface area contributed by atoms with Crippen molar-refractivity contribution in [3.8, 4) is 0 Å². The zero-order valence-corrected chi connectivity index (χ0v) is 9.24. The third-order valence-corrected chi connectivity index (χ3v) is 0.500. The fourth-order valence-corrected chi connectivity index (χ4v) is 0. The van der Waals surface area contributed by atoms with Gasteiger partial charge in [0.25, 0.3) is 0 Å². The van der Waals surface area contributed by atoms with Crippen molar-refractivity contribution < 1.29 is 34.1 Å². The van der Waals surface area contributed by atoms with E-state index in [1.54, 1.807) is 0 Å². The van der Waals surface area contributed by atoms with Crippen molar-refractivity contribution in [1.82, 2.24) is 0 Å². The van der Waals surface area contributed by atoms with E-state index < -0.39 is 0 Å². The van der Waals surface area contributed by atoms with Crippen LogP contribution in [-0.4, -0.2) is 0 Å². The molecule has 8 heavy (non-hydrogen) atoms. The van der Waals surface area contributed by atoms with Crippen LogP contribution in [0.25, 0.3) is 0 Å². The van der Waals surface area contributed by atoms with Crippen molar-refractivity contribution in [2.45, 2.75) is 40.0 Å². The smallest absolute Gasteiger partial charge is 0 e. The molecule has 0 nitrogen and oxygen atoms in total. The Morgan fingerprint density at radius 3 is 1.25 bits per heavy atom. The Morgan fingerprint density at radius 1 is 1.12 bits per heavy atom. The van der Waals surface area contributed by atoms with Crippen LogP contribution in [-0.2, 0) is 32.7 Å². The van der Waals surface area contributed by atoms with Gasteiger partial charge in [-0.3, -0.25) is 0 Å². The summed E-state index contributed by atoms with van der Waals surface area (Å²) in [6.07, 6.45) is 3.64. The molecule has 51 valence electrons. The molecule has 0 aliphatic carbocycles. The maximum Gasteiger partial charge on any atom is 0 e. The summed E-state index contributed by atoms with van der Waals surface area (Å²) in [6, 6.07) is 0. The molecule has 0 saturated heterocycles. The van der Waals surface area contributed by atoms with E-state index in [1.807, 2.05) is 6.92 Å². The molecule has 0 aromatic carbocycles. The third kappa shape index (κ3) is 59.8. The predicted molar refractivity (Wildman–Crippen MR) is 38.3 cm³/mol. The molecule has 0 atom stereocenters. The van der Waals surface area contributed by atoms with Gasteiger partial charge in [0, 0.05) is 34.1 Å². The van der Waals surface area contributed by atoms with Crippen molar-refractivity contribution in [3.05, 3.63) is 6.92 Å². The maximum absolute atomic E-state index is 3.49. The molecule has 0 amide bonds. The molecule has 0 unspecified atom stereocenters. The standard InChI is InChI=1S/C4H10.C3H7.Y.H2/c1-3-4-2;1-3-2;;/h3-4H2,1-2H3;1,3H2,2H3;;1H/q;-1;;/i;;;1+2. The summed E-state index contributed by atoms with van der Waals surface area (Å²) >= 11 is 0. The average Bonchev–Trinajstić information content (AvgIpc) is 1.69. The molecule has 0 aromatic rings. The monoisotopic (exact) mass is 194 g/mol. The van der Waals surface area contributed by atoms with Gasteiger partial charge in [0.05, 0.1) is 0 Å². The minimum Gasteiger partial charge on any atom is -0.344 e. The topological polar surface area (TPSA) is 0 Å². The first-order valence-electron chi connectivity index (χ1n) is 3.12. The SMILES string of the molecule is CCCC.[3HH].[CH2-]CC.[Y]. The van der Waals surface area contributed by atoms with Crippen LogP contribution >= 0.6 is 0 Å². The normalized spacial score (nSPS) is 6.00. The van der Waals surface area contributed by atoms with Crippen LogP contribution in [0.3, 0.4) is 0 Å². The minimum absolute atomic E-state index is 0. The second-order valence-electron chi connectivity index (χ2n) is 1.50. The minimum atomic E-state index is 0. The molecular weight excluding hydrogens is 173 g/mol. The third-order valence-electron chi connectivity index (χ3n) is 0.500. The molecule has 0 fully saturated rings. The van der Waals surface area contributed by atoms with E-state index in [1.165, 1.54) is 12.8 Å². The second kappa shape index (κ2) is 24.3. The van der Waals surface area contributed by atoms with Crippen LogP contribution in [0.2, 0.25) is 0 Å². The predicted octanol–water partition coefficient (Wildman–Crippen LogP) is 3.28. The van der Waals surface area contributed by atoms with Crippen molar-refractivity contribution in [2.75, 3.05) is 0 Å². The Hall–Kier alpha value is 1.10. The van der Waals surface area contributed by atoms with Crippen LogP contribution in [0.15, 0.2) is 0 Å². The molecule has 0 N–H and O–H groups in total. The molecule has 0 bridgehead atoms. The van der Waals surface area contributed by atoms with Gasteiger partial charge in [0.2, 0.25) is 0 Å². The van der Waals surface area contributed by atoms with Crippen molar-refractivity contribution in [3.63, 3.8) is 0 Å². The maximum atomic E-state index is 3.49. The van der Waals surface area contributed by atoms with Crippen LogP contribution < -0.4 is 0 Å². The van der Waals surface area contributed by atoms with Crippen molar-refractivity contribution in [2.24, 2.45) is 0 Å². The van der Waals surface area contributed by atoms with E-state index in [0.29, 0.717) is 0 Å². The second-order valence-corrected chi connectivity index (χ2v) is 1.50. The van der Waals surface area contributed by atoms with Crippen LogP contribution in [0.5, 0.6) is 0 Å². The Balaban J connectivity index is -0.0000000233. The van der Waals surface area contributed by atoms with Gasteiger partial charge in [0.1, 0.15) is 0 Å². The van der Waals surface area contributed by atoms with Gasteiger partial charge in [0.15, 0.2) is 0 Å². The van der Waals surface area contributed by atoms with E-state index in [9.17, 15) is 0 Å². The summed E-state index contributed by atoms with van der Waals surface area (Å²) in [5.74, 6) is 0. The Morgan fingerprint density at radius 2 is 1.25 bits per heavy atom. The summed E-state index contributed by atoms with van der Waals surface area (Å²) in [7, 11) is 0. The van der Waals surface area contributed by atoms with Gasteiger partial charge in [-0.05, 0) is 0 Å². The van der Waals surface area contributed by atoms with Crippen LogP contribution in [0, 0.1) is 6.92 Å². The van der Waals surface area contributed by atoms with Gasteiger partial charge in [-0.2, -0.15) is 6.42 Å². The summed E-state index contributed by atoms with van der Waals surface area (Å²) in [5.41, 5.74) is 0. The van der Waals surface area contributed by atoms with E-state index in [0.717, 1.165) is 6.42 Å². The van der Waals surface area contributed by atoms with E-state index in [-0.39, 0.29) is 34.1 Å². The molecule has 0 aliphatic heterocycles. The molecule has 1 heteroatoms. The number of rotatable bonds is 1. The number of unbranched alkanes of at least 4 members (excludes halogenated alkanes) is 1. The molecule has 0 aromatic heterocycles. The first-order valence-corrected chi connectivity index (χ1v) is 3.12. The first kappa shape index (κ1) is 16.0. The first-order chi connectivity index (χ1) is 3.33. The molecule has 0 saturated carbocycles. The molecule has 0 heterocycles. The molecule has 1 radical (unpaired) electrons. The Bertz CT molecular complexity index is 16.4. The summed E-state index contributed by atoms with van der Waals surface area (Å²) in [6.45, 7) is 9.86. The van der Waals surface area contributed by atoms with Crippen LogP contribution in [0.4, 0.5) is 0 Å². The largest absolute Gasteiger partial charge is 0.344 e. The number of hydrogen-bond donors (Lipinski definition) is 0. The fraction of sp³-hybridized carbons (Fsp3) is 0.857. The molecule has 0 aliphatic rings. The summed E-state index contributed by atoms with van der Waals surface area (Å²) in [5, 5.41) is 0.